The number of fused-ring (bicyclic) bond motifs is 1. The molecule has 1 unspecified atom stereocenters. The second-order valence-electron chi connectivity index (χ2n) is 7.63. The molecule has 0 radical (unpaired) electrons. The van der Waals surface area contributed by atoms with E-state index in [1.165, 1.54) is 12.0 Å². The Hall–Kier alpha value is 0.107. The first-order valence-corrected chi connectivity index (χ1v) is 20.0. The quantitative estimate of drug-likeness (QED) is 0.362. The average Bonchev–Trinajstić information content (AvgIpc) is 3.07. The predicted octanol–water partition coefficient (Wildman–Crippen LogP) is 6.73. The van der Waals surface area contributed by atoms with Crippen LogP contribution in [0.25, 0.3) is 5.57 Å². The molecule has 0 amide bonds. The fourth-order valence-electron chi connectivity index (χ4n) is 3.73. The van der Waals surface area contributed by atoms with Gasteiger partial charge in [-0.15, -0.1) is 24.8 Å². The fourth-order valence-corrected chi connectivity index (χ4v) is 29.0. The van der Waals surface area contributed by atoms with E-state index in [1.807, 2.05) is 3.33 Å². The zero-order valence-electron chi connectivity index (χ0n) is 15.2. The van der Waals surface area contributed by atoms with Crippen molar-refractivity contribution >= 4 is 35.9 Å². The van der Waals surface area contributed by atoms with Gasteiger partial charge in [0.2, 0.25) is 0 Å². The molecule has 2 aliphatic carbocycles. The molecule has 24 heavy (non-hydrogen) atoms. The first-order valence-electron chi connectivity index (χ1n) is 8.24. The van der Waals surface area contributed by atoms with Crippen LogP contribution in [0.3, 0.4) is 0 Å². The summed E-state index contributed by atoms with van der Waals surface area (Å²) in [5.41, 5.74) is 4.83. The van der Waals surface area contributed by atoms with Gasteiger partial charge < -0.3 is 0 Å². The summed E-state index contributed by atoms with van der Waals surface area (Å²) in [4.78, 5) is 0. The Balaban J connectivity index is 0.00000144. The molecule has 0 aromatic heterocycles. The van der Waals surface area contributed by atoms with Crippen LogP contribution in [0.2, 0.25) is 13.1 Å². The van der Waals surface area contributed by atoms with Gasteiger partial charge in [0.1, 0.15) is 0 Å². The molecule has 1 aromatic carbocycles. The molecule has 0 fully saturated rings. The summed E-state index contributed by atoms with van der Waals surface area (Å²) >= 11 is -1.81. The third-order valence-electron chi connectivity index (χ3n) is 4.69. The third-order valence-corrected chi connectivity index (χ3v) is 30.3. The predicted molar refractivity (Wildman–Crippen MR) is 110 cm³/mol. The molecule has 2 aliphatic rings. The SMILES string of the molecule is C[Si](C)=[Hf]([C]1=CC=CC1)[CH]1C=C(C(C)(C)C)c2ccccc21.Cl.Cl. The van der Waals surface area contributed by atoms with Crippen molar-refractivity contribution in [3.8, 4) is 0 Å². The van der Waals surface area contributed by atoms with Crippen molar-refractivity contribution in [1.29, 1.82) is 0 Å². The minimum atomic E-state index is -1.81. The molecule has 0 saturated carbocycles. The summed E-state index contributed by atoms with van der Waals surface area (Å²) in [5, 5.41) is 0. The summed E-state index contributed by atoms with van der Waals surface area (Å²) < 4.78 is 2.64. The number of hydrogen-bond donors (Lipinski definition) is 0. The van der Waals surface area contributed by atoms with E-state index in [9.17, 15) is 0 Å². The molecule has 4 heteroatoms. The van der Waals surface area contributed by atoms with E-state index in [0.717, 1.165) is 3.67 Å². The van der Waals surface area contributed by atoms with Gasteiger partial charge in [0.15, 0.2) is 0 Å². The van der Waals surface area contributed by atoms with Crippen molar-refractivity contribution in [2.75, 3.05) is 0 Å². The van der Waals surface area contributed by atoms with Crippen LogP contribution < -0.4 is 0 Å². The molecule has 0 bridgehead atoms. The van der Waals surface area contributed by atoms with Crippen molar-refractivity contribution in [3.05, 3.63) is 63.0 Å². The molecule has 0 saturated heterocycles. The summed E-state index contributed by atoms with van der Waals surface area (Å²) in [6, 6.07) is 9.22. The summed E-state index contributed by atoms with van der Waals surface area (Å²) in [5.74, 6) is 0. The molecule has 0 heterocycles. The standard InChI is InChI=1S/C13H15.C5H5.C2H6Si.2ClH.Hf/c1-13(2,3)12-9-8-10-6-4-5-7-11(10)12;1-2-4-5-3-1;1-3-2;;;/h4-9H,1-3H3;1-3H,4H2;1-2H3;2*1H;. The number of hydrogen-bond acceptors (Lipinski definition) is 0. The fraction of sp³-hybridized carbons (Fsp3) is 0.400. The van der Waals surface area contributed by atoms with Gasteiger partial charge in [0.25, 0.3) is 0 Å². The van der Waals surface area contributed by atoms with Crippen molar-refractivity contribution in [1.82, 2.24) is 0 Å². The van der Waals surface area contributed by atoms with Gasteiger partial charge in [-0.3, -0.25) is 0 Å². The monoisotopic (exact) mass is 546 g/mol. The molecular weight excluding hydrogens is 518 g/mol. The van der Waals surface area contributed by atoms with Gasteiger partial charge >= 0.3 is 144 Å². The van der Waals surface area contributed by atoms with Crippen LogP contribution in [0.4, 0.5) is 0 Å². The number of benzene rings is 1. The number of rotatable bonds is 2. The average molecular weight is 546 g/mol. The number of allylic oxidation sites excluding steroid dienone is 6. The van der Waals surface area contributed by atoms with Crippen LogP contribution in [0, 0.1) is 5.41 Å². The summed E-state index contributed by atoms with van der Waals surface area (Å²) in [7, 11) is 0. The Morgan fingerprint density at radius 1 is 1.08 bits per heavy atom. The van der Waals surface area contributed by atoms with Crippen LogP contribution >= 0.6 is 24.8 Å². The maximum Gasteiger partial charge on any atom is -0.147 e. The van der Waals surface area contributed by atoms with Crippen LogP contribution in [-0.4, -0.2) is 5.49 Å². The van der Waals surface area contributed by atoms with Crippen LogP contribution in [0.5, 0.6) is 0 Å². The van der Waals surface area contributed by atoms with Crippen molar-refractivity contribution in [3.63, 3.8) is 0 Å². The van der Waals surface area contributed by atoms with Gasteiger partial charge in [-0.2, -0.15) is 0 Å². The zero-order chi connectivity index (χ0) is 15.9. The zero-order valence-corrected chi connectivity index (χ0v) is 21.4. The third kappa shape index (κ3) is 4.26. The van der Waals surface area contributed by atoms with E-state index < -0.39 is 20.1 Å². The van der Waals surface area contributed by atoms with Crippen LogP contribution in [0.15, 0.2) is 51.9 Å². The van der Waals surface area contributed by atoms with Gasteiger partial charge in [0.05, 0.1) is 0 Å². The molecule has 0 N–H and O–H groups in total. The second kappa shape index (κ2) is 8.66. The Morgan fingerprint density at radius 3 is 2.29 bits per heavy atom. The topological polar surface area (TPSA) is 0 Å². The smallest absolute Gasteiger partial charge is 0.147 e. The first-order chi connectivity index (χ1) is 10.4. The number of halogens is 2. The van der Waals surface area contributed by atoms with E-state index in [0.29, 0.717) is 0 Å². The van der Waals surface area contributed by atoms with E-state index in [2.05, 4.69) is 82.4 Å². The van der Waals surface area contributed by atoms with Crippen molar-refractivity contribution in [2.24, 2.45) is 5.41 Å². The van der Waals surface area contributed by atoms with Crippen molar-refractivity contribution < 1.29 is 20.1 Å². The van der Waals surface area contributed by atoms with Gasteiger partial charge in [-0.05, 0) is 0 Å². The Bertz CT molecular complexity index is 732. The summed E-state index contributed by atoms with van der Waals surface area (Å²) in [6.45, 7) is 12.2. The largest absolute Gasteiger partial charge is 0.147 e. The maximum atomic E-state index is 2.68. The molecule has 0 aliphatic heterocycles. The molecule has 0 nitrogen and oxygen atoms in total. The van der Waals surface area contributed by atoms with E-state index in [1.54, 1.807) is 11.1 Å². The maximum absolute atomic E-state index is 2.68. The minimum absolute atomic E-state index is 0. The van der Waals surface area contributed by atoms with Crippen molar-refractivity contribution in [2.45, 2.75) is 44.0 Å². The molecule has 1 aromatic rings. The summed E-state index contributed by atoms with van der Waals surface area (Å²) in [6.07, 6.45) is 11.0. The van der Waals surface area contributed by atoms with E-state index in [-0.39, 0.29) is 35.7 Å². The first kappa shape index (κ1) is 22.1. The molecular formula is C20H28Cl2HfSi. The van der Waals surface area contributed by atoms with E-state index >= 15 is 0 Å². The second-order valence-corrected chi connectivity index (χ2v) is 32.3. The normalized spacial score (nSPS) is 18.1. The molecule has 0 spiro atoms. The molecule has 130 valence electrons. The Labute approximate surface area is 167 Å². The minimum Gasteiger partial charge on any atom is -0.147 e. The molecule has 1 atom stereocenters. The van der Waals surface area contributed by atoms with Crippen LogP contribution in [-0.2, 0) is 20.1 Å². The van der Waals surface area contributed by atoms with Crippen LogP contribution in [0.1, 0.15) is 42.0 Å². The van der Waals surface area contributed by atoms with Gasteiger partial charge in [-0.1, -0.05) is 0 Å². The molecule has 3 rings (SSSR count). The Kier molecular flexibility index (Phi) is 7.99. The Morgan fingerprint density at radius 2 is 1.75 bits per heavy atom. The van der Waals surface area contributed by atoms with E-state index in [4.69, 9.17) is 0 Å². The van der Waals surface area contributed by atoms with Gasteiger partial charge in [-0.25, -0.2) is 0 Å². The van der Waals surface area contributed by atoms with Gasteiger partial charge in [0, 0.05) is 0 Å².